The summed E-state index contributed by atoms with van der Waals surface area (Å²) in [4.78, 5) is 2.67. The molecule has 0 bridgehead atoms. The third-order valence-corrected chi connectivity index (χ3v) is 4.23. The highest BCUT2D eigenvalue weighted by atomic mass is 32.2. The molecule has 2 rings (SSSR count). The summed E-state index contributed by atoms with van der Waals surface area (Å²) in [6.45, 7) is 8.53. The van der Waals surface area contributed by atoms with E-state index in [0.29, 0.717) is 0 Å². The number of rotatable bonds is 6. The second-order valence-corrected chi connectivity index (χ2v) is 6.33. The van der Waals surface area contributed by atoms with Gasteiger partial charge in [-0.3, -0.25) is 0 Å². The molecule has 2 aromatic carbocycles. The zero-order valence-corrected chi connectivity index (χ0v) is 13.4. The van der Waals surface area contributed by atoms with Crippen LogP contribution in [0.4, 0.5) is 0 Å². The zero-order chi connectivity index (χ0) is 14.4. The van der Waals surface area contributed by atoms with Crippen molar-refractivity contribution in [3.8, 4) is 0 Å². The van der Waals surface area contributed by atoms with Crippen molar-refractivity contribution in [1.29, 1.82) is 0 Å². The third-order valence-electron chi connectivity index (χ3n) is 3.14. The summed E-state index contributed by atoms with van der Waals surface area (Å²) >= 11 is 1.86. The van der Waals surface area contributed by atoms with Gasteiger partial charge in [-0.1, -0.05) is 43.0 Å². The predicted molar refractivity (Wildman–Crippen MR) is 88.5 cm³/mol. The Morgan fingerprint density at radius 2 is 1.70 bits per heavy atom. The minimum atomic E-state index is 0.946. The highest BCUT2D eigenvalue weighted by Gasteiger charge is 2.04. The molecule has 0 aromatic heterocycles. The number of hydrogen-bond donors (Lipinski definition) is 1. The fraction of sp³-hybridized carbons (Fsp3) is 0.333. The molecule has 0 aliphatic heterocycles. The normalized spacial score (nSPS) is 10.8. The first-order chi connectivity index (χ1) is 9.69. The van der Waals surface area contributed by atoms with Crippen LogP contribution in [0.3, 0.4) is 0 Å². The van der Waals surface area contributed by atoms with E-state index in [0.717, 1.165) is 13.1 Å². The molecule has 2 aromatic rings. The zero-order valence-electron chi connectivity index (χ0n) is 12.6. The highest BCUT2D eigenvalue weighted by Crippen LogP contribution is 2.31. The predicted octanol–water partition coefficient (Wildman–Crippen LogP) is 4.95. The second kappa shape index (κ2) is 7.51. The summed E-state index contributed by atoms with van der Waals surface area (Å²) in [5, 5.41) is 3.49. The van der Waals surface area contributed by atoms with E-state index in [1.165, 1.54) is 32.9 Å². The molecule has 0 fully saturated rings. The molecule has 0 aliphatic rings. The highest BCUT2D eigenvalue weighted by molar-refractivity contribution is 7.99. The monoisotopic (exact) mass is 285 g/mol. The van der Waals surface area contributed by atoms with E-state index in [9.17, 15) is 0 Å². The third kappa shape index (κ3) is 4.39. The molecule has 1 N–H and O–H groups in total. The molecule has 1 nitrogen and oxygen atoms in total. The van der Waals surface area contributed by atoms with E-state index in [4.69, 9.17) is 0 Å². The van der Waals surface area contributed by atoms with Crippen molar-refractivity contribution in [1.82, 2.24) is 5.32 Å². The van der Waals surface area contributed by atoms with Crippen LogP contribution in [0.1, 0.15) is 30.0 Å². The second-order valence-electron chi connectivity index (χ2n) is 5.21. The van der Waals surface area contributed by atoms with Crippen molar-refractivity contribution in [3.63, 3.8) is 0 Å². The molecule has 0 aliphatic carbocycles. The topological polar surface area (TPSA) is 12.0 Å². The molecule has 0 saturated heterocycles. The first-order valence-corrected chi connectivity index (χ1v) is 8.05. The number of nitrogens with one attached hydrogen (secondary N) is 1. The Labute approximate surface area is 126 Å². The molecule has 0 amide bonds. The standard InChI is InChI=1S/C18H23NS/c1-4-9-19-13-16-7-5-6-8-18(16)20-17-11-14(2)10-15(3)12-17/h5-8,10-12,19H,4,9,13H2,1-3H3. The van der Waals surface area contributed by atoms with Crippen molar-refractivity contribution in [2.45, 2.75) is 43.5 Å². The van der Waals surface area contributed by atoms with Gasteiger partial charge in [0.1, 0.15) is 0 Å². The van der Waals surface area contributed by atoms with Gasteiger partial charge in [-0.15, -0.1) is 0 Å². The molecule has 0 heterocycles. The minimum absolute atomic E-state index is 0.946. The molecule has 106 valence electrons. The molecular weight excluding hydrogens is 262 g/mol. The van der Waals surface area contributed by atoms with Crippen LogP contribution in [0.2, 0.25) is 0 Å². The molecule has 0 spiro atoms. The van der Waals surface area contributed by atoms with E-state index in [1.807, 2.05) is 11.8 Å². The molecule has 0 radical (unpaired) electrons. The number of aryl methyl sites for hydroxylation is 2. The maximum Gasteiger partial charge on any atom is 0.0216 e. The maximum absolute atomic E-state index is 3.49. The van der Waals surface area contributed by atoms with Gasteiger partial charge in [0.05, 0.1) is 0 Å². The molecule has 0 unspecified atom stereocenters. The summed E-state index contributed by atoms with van der Waals surface area (Å²) in [6.07, 6.45) is 1.17. The molecule has 0 atom stereocenters. The Morgan fingerprint density at radius 1 is 1.00 bits per heavy atom. The van der Waals surface area contributed by atoms with Gasteiger partial charge in [0.25, 0.3) is 0 Å². The lowest BCUT2D eigenvalue weighted by molar-refractivity contribution is 0.669. The fourth-order valence-electron chi connectivity index (χ4n) is 2.27. The van der Waals surface area contributed by atoms with Crippen LogP contribution >= 0.6 is 11.8 Å². The van der Waals surface area contributed by atoms with E-state index >= 15 is 0 Å². The Kier molecular flexibility index (Phi) is 5.69. The lowest BCUT2D eigenvalue weighted by Crippen LogP contribution is -2.14. The largest absolute Gasteiger partial charge is 0.313 e. The average molecular weight is 285 g/mol. The summed E-state index contributed by atoms with van der Waals surface area (Å²) in [7, 11) is 0. The van der Waals surface area contributed by atoms with Crippen LogP contribution in [0.5, 0.6) is 0 Å². The Morgan fingerprint density at radius 3 is 2.40 bits per heavy atom. The Hall–Kier alpha value is -1.25. The lowest BCUT2D eigenvalue weighted by atomic mass is 10.2. The molecule has 20 heavy (non-hydrogen) atoms. The SMILES string of the molecule is CCCNCc1ccccc1Sc1cc(C)cc(C)c1. The van der Waals surface area contributed by atoms with Crippen LogP contribution in [-0.2, 0) is 6.54 Å². The van der Waals surface area contributed by atoms with Crippen LogP contribution in [0, 0.1) is 13.8 Å². The number of benzene rings is 2. The smallest absolute Gasteiger partial charge is 0.0216 e. The minimum Gasteiger partial charge on any atom is -0.313 e. The fourth-order valence-corrected chi connectivity index (χ4v) is 3.43. The van der Waals surface area contributed by atoms with Gasteiger partial charge in [-0.25, -0.2) is 0 Å². The number of hydrogen-bond acceptors (Lipinski definition) is 2. The van der Waals surface area contributed by atoms with Crippen molar-refractivity contribution in [2.24, 2.45) is 0 Å². The molecule has 2 heteroatoms. The van der Waals surface area contributed by atoms with Gasteiger partial charge in [0, 0.05) is 16.3 Å². The van der Waals surface area contributed by atoms with Gasteiger partial charge >= 0.3 is 0 Å². The van der Waals surface area contributed by atoms with Gasteiger partial charge in [0.15, 0.2) is 0 Å². The van der Waals surface area contributed by atoms with Crippen molar-refractivity contribution < 1.29 is 0 Å². The summed E-state index contributed by atoms with van der Waals surface area (Å²) < 4.78 is 0. The van der Waals surface area contributed by atoms with E-state index in [2.05, 4.69) is 68.6 Å². The summed E-state index contributed by atoms with van der Waals surface area (Å²) in [5.41, 5.74) is 4.04. The van der Waals surface area contributed by atoms with E-state index < -0.39 is 0 Å². The first kappa shape index (κ1) is 15.1. The van der Waals surface area contributed by atoms with Gasteiger partial charge in [-0.05, 0) is 61.7 Å². The molecule has 0 saturated carbocycles. The molecular formula is C18H23NS. The van der Waals surface area contributed by atoms with Crippen molar-refractivity contribution in [2.75, 3.05) is 6.54 Å². The first-order valence-electron chi connectivity index (χ1n) is 7.24. The Bertz CT molecular complexity index is 543. The maximum atomic E-state index is 3.49. The summed E-state index contributed by atoms with van der Waals surface area (Å²) in [6, 6.07) is 15.4. The van der Waals surface area contributed by atoms with Crippen molar-refractivity contribution in [3.05, 3.63) is 59.2 Å². The Balaban J connectivity index is 2.15. The summed E-state index contributed by atoms with van der Waals surface area (Å²) in [5.74, 6) is 0. The van der Waals surface area contributed by atoms with Crippen LogP contribution in [0.25, 0.3) is 0 Å². The van der Waals surface area contributed by atoms with Gasteiger partial charge < -0.3 is 5.32 Å². The van der Waals surface area contributed by atoms with Crippen LogP contribution < -0.4 is 5.32 Å². The van der Waals surface area contributed by atoms with Crippen molar-refractivity contribution >= 4 is 11.8 Å². The van der Waals surface area contributed by atoms with E-state index in [1.54, 1.807) is 0 Å². The van der Waals surface area contributed by atoms with E-state index in [-0.39, 0.29) is 0 Å². The lowest BCUT2D eigenvalue weighted by Gasteiger charge is -2.11. The quantitative estimate of drug-likeness (QED) is 0.753. The van der Waals surface area contributed by atoms with Gasteiger partial charge in [-0.2, -0.15) is 0 Å². The van der Waals surface area contributed by atoms with Crippen LogP contribution in [-0.4, -0.2) is 6.54 Å². The van der Waals surface area contributed by atoms with Crippen LogP contribution in [0.15, 0.2) is 52.3 Å². The average Bonchev–Trinajstić information content (AvgIpc) is 2.40. The van der Waals surface area contributed by atoms with Gasteiger partial charge in [0.2, 0.25) is 0 Å².